The van der Waals surface area contributed by atoms with Gasteiger partial charge in [-0.25, -0.2) is 18.4 Å². The Hall–Kier alpha value is -3.61. The molecule has 0 unspecified atom stereocenters. The predicted octanol–water partition coefficient (Wildman–Crippen LogP) is 5.60. The lowest BCUT2D eigenvalue weighted by Crippen LogP contribution is -2.20. The Balaban J connectivity index is 1.74. The van der Waals surface area contributed by atoms with Crippen LogP contribution in [-0.4, -0.2) is 20.7 Å². The van der Waals surface area contributed by atoms with Crippen LogP contribution >= 0.6 is 0 Å². The number of aromatic nitrogens is 3. The molecule has 0 spiro atoms. The van der Waals surface area contributed by atoms with Gasteiger partial charge in [0.2, 0.25) is 5.91 Å². The SMILES string of the molecule is Cc1cc(C)cc(NC(=O)Cn2nc(C)c3c(C(F)F)cc(-c4ccccc4)nc32)c1. The monoisotopic (exact) mass is 420 g/mol. The molecule has 4 aromatic rings. The molecular formula is C24H22F2N4O. The number of benzene rings is 2. The van der Waals surface area contributed by atoms with Gasteiger partial charge in [0.15, 0.2) is 5.65 Å². The summed E-state index contributed by atoms with van der Waals surface area (Å²) in [4.78, 5) is 17.3. The Morgan fingerprint density at radius 1 is 1.03 bits per heavy atom. The summed E-state index contributed by atoms with van der Waals surface area (Å²) in [5.74, 6) is -0.306. The standard InChI is InChI=1S/C24H22F2N4O/c1-14-9-15(2)11-18(10-14)27-21(31)13-30-24-22(16(3)29-30)19(23(25)26)12-20(28-24)17-7-5-4-6-8-17/h4-12,23H,13H2,1-3H3,(H,27,31). The molecule has 0 aliphatic heterocycles. The number of pyridine rings is 1. The predicted molar refractivity (Wildman–Crippen MR) is 117 cm³/mol. The number of carbonyl (C=O) groups excluding carboxylic acids is 1. The zero-order valence-electron chi connectivity index (χ0n) is 17.5. The molecule has 158 valence electrons. The number of aryl methyl sites for hydroxylation is 3. The number of halogens is 2. The molecule has 0 aliphatic rings. The van der Waals surface area contributed by atoms with Crippen LogP contribution in [-0.2, 0) is 11.3 Å². The number of rotatable bonds is 5. The molecule has 2 aromatic carbocycles. The first-order valence-corrected chi connectivity index (χ1v) is 9.91. The van der Waals surface area contributed by atoms with Gasteiger partial charge in [0.05, 0.1) is 16.8 Å². The van der Waals surface area contributed by atoms with Crippen LogP contribution in [0.2, 0.25) is 0 Å². The summed E-state index contributed by atoms with van der Waals surface area (Å²) in [5.41, 5.74) is 4.43. The molecule has 2 aromatic heterocycles. The number of hydrogen-bond acceptors (Lipinski definition) is 3. The lowest BCUT2D eigenvalue weighted by atomic mass is 10.1. The Kier molecular flexibility index (Phi) is 5.50. The van der Waals surface area contributed by atoms with E-state index in [9.17, 15) is 13.6 Å². The molecule has 5 nitrogen and oxygen atoms in total. The second-order valence-electron chi connectivity index (χ2n) is 7.63. The van der Waals surface area contributed by atoms with Crippen molar-refractivity contribution in [1.29, 1.82) is 0 Å². The van der Waals surface area contributed by atoms with Gasteiger partial charge in [-0.1, -0.05) is 36.4 Å². The van der Waals surface area contributed by atoms with Crippen LogP contribution in [0, 0.1) is 20.8 Å². The van der Waals surface area contributed by atoms with Crippen LogP contribution in [0.1, 0.15) is 28.8 Å². The van der Waals surface area contributed by atoms with Gasteiger partial charge in [0, 0.05) is 16.8 Å². The van der Waals surface area contributed by atoms with Crippen molar-refractivity contribution < 1.29 is 13.6 Å². The number of hydrogen-bond donors (Lipinski definition) is 1. The maximum atomic E-state index is 13.9. The van der Waals surface area contributed by atoms with Gasteiger partial charge >= 0.3 is 0 Å². The van der Waals surface area contributed by atoms with Gasteiger partial charge in [-0.2, -0.15) is 5.10 Å². The first-order chi connectivity index (χ1) is 14.8. The molecule has 1 N–H and O–H groups in total. The highest BCUT2D eigenvalue weighted by molar-refractivity contribution is 5.92. The van der Waals surface area contributed by atoms with Crippen molar-refractivity contribution in [2.75, 3.05) is 5.32 Å². The molecule has 0 saturated carbocycles. The van der Waals surface area contributed by atoms with E-state index in [-0.39, 0.29) is 29.0 Å². The molecule has 0 aliphatic carbocycles. The fourth-order valence-electron chi connectivity index (χ4n) is 3.81. The molecular weight excluding hydrogens is 398 g/mol. The summed E-state index contributed by atoms with van der Waals surface area (Å²) in [5, 5.41) is 7.48. The Labute approximate surface area is 178 Å². The van der Waals surface area contributed by atoms with Gasteiger partial charge in [0.1, 0.15) is 6.54 Å². The number of carbonyl (C=O) groups is 1. The number of alkyl halides is 2. The van der Waals surface area contributed by atoms with E-state index in [0.717, 1.165) is 16.7 Å². The van der Waals surface area contributed by atoms with E-state index in [1.54, 1.807) is 6.92 Å². The molecule has 0 radical (unpaired) electrons. The molecule has 4 rings (SSSR count). The number of nitrogens with one attached hydrogen (secondary N) is 1. The van der Waals surface area contributed by atoms with Crippen molar-refractivity contribution in [2.24, 2.45) is 0 Å². The topological polar surface area (TPSA) is 59.8 Å². The zero-order chi connectivity index (χ0) is 22.1. The van der Waals surface area contributed by atoms with Crippen molar-refractivity contribution >= 4 is 22.6 Å². The third-order valence-electron chi connectivity index (χ3n) is 5.01. The van der Waals surface area contributed by atoms with Gasteiger partial charge in [-0.3, -0.25) is 4.79 Å². The maximum absolute atomic E-state index is 13.9. The average Bonchev–Trinajstić information content (AvgIpc) is 3.02. The molecule has 1 amide bonds. The fraction of sp³-hybridized carbons (Fsp3) is 0.208. The zero-order valence-corrected chi connectivity index (χ0v) is 17.5. The summed E-state index contributed by atoms with van der Waals surface area (Å²) in [7, 11) is 0. The van der Waals surface area contributed by atoms with Crippen molar-refractivity contribution in [2.45, 2.75) is 33.7 Å². The van der Waals surface area contributed by atoms with E-state index in [2.05, 4.69) is 15.4 Å². The first-order valence-electron chi connectivity index (χ1n) is 9.91. The van der Waals surface area contributed by atoms with E-state index in [4.69, 9.17) is 0 Å². The molecule has 7 heteroatoms. The second-order valence-corrected chi connectivity index (χ2v) is 7.63. The van der Waals surface area contributed by atoms with Crippen molar-refractivity contribution in [3.05, 3.63) is 77.0 Å². The molecule has 0 fully saturated rings. The minimum absolute atomic E-state index is 0.134. The lowest BCUT2D eigenvalue weighted by Gasteiger charge is -2.10. The molecule has 2 heterocycles. The summed E-state index contributed by atoms with van der Waals surface area (Å²) in [6.45, 7) is 5.42. The number of anilines is 1. The Bertz CT molecular complexity index is 1250. The molecule has 0 atom stereocenters. The third-order valence-corrected chi connectivity index (χ3v) is 5.01. The first kappa shape index (κ1) is 20.7. The summed E-state index contributed by atoms with van der Waals surface area (Å²) in [6.07, 6.45) is -2.69. The van der Waals surface area contributed by atoms with E-state index in [0.29, 0.717) is 17.1 Å². The van der Waals surface area contributed by atoms with E-state index < -0.39 is 6.43 Å². The van der Waals surface area contributed by atoms with Gasteiger partial charge in [0.25, 0.3) is 6.43 Å². The van der Waals surface area contributed by atoms with Crippen molar-refractivity contribution in [1.82, 2.24) is 14.8 Å². The highest BCUT2D eigenvalue weighted by atomic mass is 19.3. The van der Waals surface area contributed by atoms with Gasteiger partial charge < -0.3 is 5.32 Å². The van der Waals surface area contributed by atoms with Crippen LogP contribution in [0.15, 0.2) is 54.6 Å². The van der Waals surface area contributed by atoms with Crippen LogP contribution in [0.4, 0.5) is 14.5 Å². The van der Waals surface area contributed by atoms with E-state index in [1.165, 1.54) is 10.7 Å². The Morgan fingerprint density at radius 3 is 2.35 bits per heavy atom. The van der Waals surface area contributed by atoms with E-state index in [1.807, 2.05) is 62.4 Å². The van der Waals surface area contributed by atoms with Gasteiger partial charge in [-0.15, -0.1) is 0 Å². The normalized spacial score (nSPS) is 11.3. The minimum Gasteiger partial charge on any atom is -0.324 e. The summed E-state index contributed by atoms with van der Waals surface area (Å²) in [6, 6.07) is 16.3. The largest absolute Gasteiger partial charge is 0.324 e. The highest BCUT2D eigenvalue weighted by Gasteiger charge is 2.22. The van der Waals surface area contributed by atoms with Crippen LogP contribution < -0.4 is 5.32 Å². The molecule has 0 bridgehead atoms. The Morgan fingerprint density at radius 2 is 1.71 bits per heavy atom. The van der Waals surface area contributed by atoms with Crippen molar-refractivity contribution in [3.63, 3.8) is 0 Å². The number of amides is 1. The van der Waals surface area contributed by atoms with Crippen LogP contribution in [0.5, 0.6) is 0 Å². The molecule has 0 saturated heterocycles. The summed E-state index contributed by atoms with van der Waals surface area (Å²) >= 11 is 0. The van der Waals surface area contributed by atoms with Crippen molar-refractivity contribution in [3.8, 4) is 11.3 Å². The quantitative estimate of drug-likeness (QED) is 0.457. The number of fused-ring (bicyclic) bond motifs is 1. The smallest absolute Gasteiger partial charge is 0.264 e. The van der Waals surface area contributed by atoms with E-state index >= 15 is 0 Å². The van der Waals surface area contributed by atoms with Crippen LogP contribution in [0.25, 0.3) is 22.3 Å². The molecule has 31 heavy (non-hydrogen) atoms. The lowest BCUT2D eigenvalue weighted by molar-refractivity contribution is -0.116. The fourth-order valence-corrected chi connectivity index (χ4v) is 3.81. The average molecular weight is 420 g/mol. The highest BCUT2D eigenvalue weighted by Crippen LogP contribution is 2.33. The number of nitrogens with zero attached hydrogens (tertiary/aromatic N) is 3. The maximum Gasteiger partial charge on any atom is 0.264 e. The minimum atomic E-state index is -2.69. The summed E-state index contributed by atoms with van der Waals surface area (Å²) < 4.78 is 29.1. The van der Waals surface area contributed by atoms with Gasteiger partial charge in [-0.05, 0) is 50.1 Å². The van der Waals surface area contributed by atoms with Crippen LogP contribution in [0.3, 0.4) is 0 Å². The third kappa shape index (κ3) is 4.30. The second kappa shape index (κ2) is 8.26.